The molecule has 1 fully saturated rings. The number of anilines is 1. The van der Waals surface area contributed by atoms with Crippen molar-refractivity contribution in [1.82, 2.24) is 10.2 Å². The van der Waals surface area contributed by atoms with Crippen LogP contribution in [0.2, 0.25) is 5.02 Å². The number of hydrogen-bond acceptors (Lipinski definition) is 5. The molecule has 0 spiro atoms. The predicted octanol–water partition coefficient (Wildman–Crippen LogP) is 3.81. The lowest BCUT2D eigenvalue weighted by molar-refractivity contribution is -0.122. The van der Waals surface area contributed by atoms with E-state index in [9.17, 15) is 13.2 Å². The van der Waals surface area contributed by atoms with Gasteiger partial charge in [-0.1, -0.05) is 42.8 Å². The number of rotatable bonds is 10. The van der Waals surface area contributed by atoms with Gasteiger partial charge in [0, 0.05) is 13.1 Å². The van der Waals surface area contributed by atoms with Gasteiger partial charge in [-0.25, -0.2) is 8.42 Å². The van der Waals surface area contributed by atoms with E-state index < -0.39 is 16.1 Å². The predicted molar refractivity (Wildman–Crippen MR) is 132 cm³/mol. The third-order valence-corrected chi connectivity index (χ3v) is 7.26. The summed E-state index contributed by atoms with van der Waals surface area (Å²) in [5, 5.41) is 3.19. The van der Waals surface area contributed by atoms with Crippen LogP contribution >= 0.6 is 11.6 Å². The molecule has 0 bridgehead atoms. The molecule has 1 atom stereocenters. The first-order chi connectivity index (χ1) is 15.7. The van der Waals surface area contributed by atoms with Gasteiger partial charge in [0.2, 0.25) is 15.9 Å². The molecule has 33 heavy (non-hydrogen) atoms. The number of amides is 1. The van der Waals surface area contributed by atoms with E-state index in [2.05, 4.69) is 22.3 Å². The highest BCUT2D eigenvalue weighted by atomic mass is 35.5. The number of benzene rings is 2. The first kappa shape index (κ1) is 25.3. The third-order valence-electron chi connectivity index (χ3n) is 5.78. The van der Waals surface area contributed by atoms with E-state index in [1.165, 1.54) is 31.6 Å². The number of methoxy groups -OCH3 is 1. The minimum atomic E-state index is -3.75. The van der Waals surface area contributed by atoms with Crippen molar-refractivity contribution in [3.63, 3.8) is 0 Å². The minimum absolute atomic E-state index is 0.272. The topological polar surface area (TPSA) is 79.0 Å². The van der Waals surface area contributed by atoms with E-state index in [1.807, 2.05) is 12.1 Å². The van der Waals surface area contributed by atoms with Crippen LogP contribution < -0.4 is 14.4 Å². The summed E-state index contributed by atoms with van der Waals surface area (Å²) < 4.78 is 31.6. The molecule has 2 aromatic rings. The van der Waals surface area contributed by atoms with E-state index in [1.54, 1.807) is 19.1 Å². The highest BCUT2D eigenvalue weighted by molar-refractivity contribution is 7.92. The second kappa shape index (κ2) is 11.2. The van der Waals surface area contributed by atoms with Gasteiger partial charge < -0.3 is 10.1 Å². The standard InChI is InChI=1S/C24H32ClN3O4S/c1-4-22(28(33(3,30)31)20-10-11-23(32-2)21(25)15-20)24(29)26-16-18-8-7-9-19(14-18)17-27-12-5-6-13-27/h7-11,14-15,22H,4-6,12-13,16-17H2,1-3H3,(H,26,29)/t22-/m1/s1. The fraction of sp³-hybridized carbons (Fsp3) is 0.458. The van der Waals surface area contributed by atoms with Gasteiger partial charge in [-0.05, 0) is 61.7 Å². The zero-order valence-corrected chi connectivity index (χ0v) is 21.0. The van der Waals surface area contributed by atoms with Gasteiger partial charge in [0.05, 0.1) is 24.1 Å². The number of hydrogen-bond donors (Lipinski definition) is 1. The molecular weight excluding hydrogens is 462 g/mol. The van der Waals surface area contributed by atoms with Crippen LogP contribution in [0.3, 0.4) is 0 Å². The van der Waals surface area contributed by atoms with Crippen molar-refractivity contribution in [2.45, 2.75) is 45.3 Å². The second-order valence-corrected chi connectivity index (χ2v) is 10.6. The molecule has 180 valence electrons. The number of nitrogens with zero attached hydrogens (tertiary/aromatic N) is 2. The average Bonchev–Trinajstić information content (AvgIpc) is 3.28. The number of carbonyl (C=O) groups is 1. The number of ether oxygens (including phenoxy) is 1. The Bertz CT molecular complexity index is 1070. The van der Waals surface area contributed by atoms with Gasteiger partial charge in [-0.15, -0.1) is 0 Å². The van der Waals surface area contributed by atoms with Gasteiger partial charge in [0.25, 0.3) is 0 Å². The van der Waals surface area contributed by atoms with Crippen LogP contribution in [-0.4, -0.2) is 51.7 Å². The number of halogens is 1. The van der Waals surface area contributed by atoms with Gasteiger partial charge in [-0.3, -0.25) is 14.0 Å². The van der Waals surface area contributed by atoms with Crippen LogP contribution in [0.15, 0.2) is 42.5 Å². The normalized spacial score (nSPS) is 15.3. The molecule has 0 radical (unpaired) electrons. The highest BCUT2D eigenvalue weighted by Gasteiger charge is 2.31. The van der Waals surface area contributed by atoms with Crippen molar-refractivity contribution >= 4 is 33.2 Å². The largest absolute Gasteiger partial charge is 0.495 e. The van der Waals surface area contributed by atoms with Crippen LogP contribution in [0.1, 0.15) is 37.3 Å². The maximum atomic E-state index is 13.1. The highest BCUT2D eigenvalue weighted by Crippen LogP contribution is 2.31. The van der Waals surface area contributed by atoms with Crippen LogP contribution in [0.5, 0.6) is 5.75 Å². The SMILES string of the molecule is CC[C@H](C(=O)NCc1cccc(CN2CCCC2)c1)N(c1ccc(OC)c(Cl)c1)S(C)(=O)=O. The summed E-state index contributed by atoms with van der Waals surface area (Å²) in [6, 6.07) is 11.9. The Balaban J connectivity index is 1.74. The zero-order chi connectivity index (χ0) is 24.0. The monoisotopic (exact) mass is 493 g/mol. The minimum Gasteiger partial charge on any atom is -0.495 e. The van der Waals surface area contributed by atoms with Crippen molar-refractivity contribution in [1.29, 1.82) is 0 Å². The van der Waals surface area contributed by atoms with Crippen molar-refractivity contribution in [2.75, 3.05) is 30.8 Å². The van der Waals surface area contributed by atoms with Gasteiger partial charge in [0.15, 0.2) is 0 Å². The molecule has 0 aromatic heterocycles. The molecule has 1 aliphatic heterocycles. The van der Waals surface area contributed by atoms with E-state index in [4.69, 9.17) is 16.3 Å². The summed E-state index contributed by atoms with van der Waals surface area (Å²) in [6.07, 6.45) is 3.87. The fourth-order valence-electron chi connectivity index (χ4n) is 4.20. The van der Waals surface area contributed by atoms with E-state index in [0.717, 1.165) is 35.8 Å². The Hall–Kier alpha value is -2.29. The molecule has 1 amide bonds. The Morgan fingerprint density at radius 2 is 1.88 bits per heavy atom. The Labute approximate surface area is 201 Å². The lowest BCUT2D eigenvalue weighted by Crippen LogP contribution is -2.49. The molecule has 3 rings (SSSR count). The van der Waals surface area contributed by atoms with Crippen LogP contribution in [0.4, 0.5) is 5.69 Å². The van der Waals surface area contributed by atoms with E-state index in [0.29, 0.717) is 24.4 Å². The lowest BCUT2D eigenvalue weighted by atomic mass is 10.1. The summed E-state index contributed by atoms with van der Waals surface area (Å²) in [4.78, 5) is 15.5. The van der Waals surface area contributed by atoms with Crippen LogP contribution in [0, 0.1) is 0 Å². The third kappa shape index (κ3) is 6.62. The summed E-state index contributed by atoms with van der Waals surface area (Å²) in [5.41, 5.74) is 2.51. The van der Waals surface area contributed by atoms with Crippen molar-refractivity contribution in [3.8, 4) is 5.75 Å². The maximum absolute atomic E-state index is 13.1. The number of carbonyl (C=O) groups excluding carboxylic acids is 1. The molecule has 2 aromatic carbocycles. The van der Waals surface area contributed by atoms with E-state index >= 15 is 0 Å². The smallest absolute Gasteiger partial charge is 0.244 e. The quantitative estimate of drug-likeness (QED) is 0.544. The Kier molecular flexibility index (Phi) is 8.62. The van der Waals surface area contributed by atoms with Crippen LogP contribution in [-0.2, 0) is 27.9 Å². The van der Waals surface area contributed by atoms with E-state index in [-0.39, 0.29) is 10.9 Å². The first-order valence-corrected chi connectivity index (χ1v) is 13.4. The Morgan fingerprint density at radius 3 is 2.48 bits per heavy atom. The molecule has 1 heterocycles. The van der Waals surface area contributed by atoms with Crippen molar-refractivity contribution in [3.05, 3.63) is 58.6 Å². The van der Waals surface area contributed by atoms with Crippen molar-refractivity contribution in [2.24, 2.45) is 0 Å². The number of likely N-dealkylation sites (tertiary alicyclic amines) is 1. The molecule has 1 saturated heterocycles. The molecule has 9 heteroatoms. The molecule has 7 nitrogen and oxygen atoms in total. The molecule has 1 N–H and O–H groups in total. The maximum Gasteiger partial charge on any atom is 0.244 e. The number of sulfonamides is 1. The molecule has 0 saturated carbocycles. The van der Waals surface area contributed by atoms with Gasteiger partial charge >= 0.3 is 0 Å². The van der Waals surface area contributed by atoms with Gasteiger partial charge in [0.1, 0.15) is 11.8 Å². The molecular formula is C24H32ClN3O4S. The zero-order valence-electron chi connectivity index (χ0n) is 19.4. The summed E-state index contributed by atoms with van der Waals surface area (Å²) in [5.74, 6) is 0.0694. The molecule has 1 aliphatic rings. The van der Waals surface area contributed by atoms with Crippen molar-refractivity contribution < 1.29 is 17.9 Å². The van der Waals surface area contributed by atoms with Gasteiger partial charge in [-0.2, -0.15) is 0 Å². The Morgan fingerprint density at radius 1 is 1.18 bits per heavy atom. The average molecular weight is 494 g/mol. The molecule has 0 unspecified atom stereocenters. The van der Waals surface area contributed by atoms with Crippen LogP contribution in [0.25, 0.3) is 0 Å². The summed E-state index contributed by atoms with van der Waals surface area (Å²) >= 11 is 6.22. The summed E-state index contributed by atoms with van der Waals surface area (Å²) in [7, 11) is -2.26. The lowest BCUT2D eigenvalue weighted by Gasteiger charge is -2.30. The molecule has 0 aliphatic carbocycles. The second-order valence-electron chi connectivity index (χ2n) is 8.32. The first-order valence-electron chi connectivity index (χ1n) is 11.1. The number of nitrogens with one attached hydrogen (secondary N) is 1. The fourth-order valence-corrected chi connectivity index (χ4v) is 5.65. The summed E-state index contributed by atoms with van der Waals surface area (Å²) in [6.45, 7) is 5.25.